The third-order valence-corrected chi connectivity index (χ3v) is 5.63. The molecule has 4 rings (SSSR count). The lowest BCUT2D eigenvalue weighted by Gasteiger charge is -2.23. The van der Waals surface area contributed by atoms with Crippen LogP contribution in [0.3, 0.4) is 0 Å². The largest absolute Gasteiger partial charge is 0.362 e. The monoisotopic (exact) mass is 335 g/mol. The molecule has 2 atom stereocenters. The zero-order valence-electron chi connectivity index (χ0n) is 14.5. The second-order valence-electron chi connectivity index (χ2n) is 7.11. The van der Waals surface area contributed by atoms with Gasteiger partial charge in [0.25, 0.3) is 0 Å². The molecule has 25 heavy (non-hydrogen) atoms. The van der Waals surface area contributed by atoms with Crippen LogP contribution in [-0.4, -0.2) is 43.5 Å². The smallest absolute Gasteiger partial charge is 0.242 e. The van der Waals surface area contributed by atoms with Crippen molar-refractivity contribution in [1.29, 1.82) is 0 Å². The number of carbonyl (C=O) groups is 1. The molecule has 2 N–H and O–H groups in total. The average molecular weight is 335 g/mol. The van der Waals surface area contributed by atoms with E-state index in [-0.39, 0.29) is 5.91 Å². The predicted molar refractivity (Wildman–Crippen MR) is 101 cm³/mol. The number of likely N-dealkylation sites (tertiary alicyclic amines) is 1. The molecular weight excluding hydrogens is 310 g/mol. The van der Waals surface area contributed by atoms with Gasteiger partial charge in [-0.3, -0.25) is 4.79 Å². The molecule has 2 aromatic rings. The molecule has 130 valence electrons. The van der Waals surface area contributed by atoms with Crippen LogP contribution in [0.4, 0.5) is 5.69 Å². The topological polar surface area (TPSA) is 49.6 Å². The second-order valence-corrected chi connectivity index (χ2v) is 7.11. The minimum atomic E-state index is 0.216. The summed E-state index contributed by atoms with van der Waals surface area (Å²) in [5, 5.41) is 0. The first kappa shape index (κ1) is 16.2. The molecule has 1 fully saturated rings. The average Bonchev–Trinajstić information content (AvgIpc) is 3.27. The summed E-state index contributed by atoms with van der Waals surface area (Å²) in [6, 6.07) is 18.9. The first-order valence-corrected chi connectivity index (χ1v) is 9.12. The maximum absolute atomic E-state index is 12.9. The van der Waals surface area contributed by atoms with Gasteiger partial charge in [-0.2, -0.15) is 0 Å². The van der Waals surface area contributed by atoms with Crippen LogP contribution in [0.15, 0.2) is 54.6 Å². The molecule has 1 saturated heterocycles. The van der Waals surface area contributed by atoms with Crippen molar-refractivity contribution < 1.29 is 4.79 Å². The Labute approximate surface area is 149 Å². The summed E-state index contributed by atoms with van der Waals surface area (Å²) in [4.78, 5) is 17.1. The van der Waals surface area contributed by atoms with Gasteiger partial charge < -0.3 is 15.5 Å². The fraction of sp³-hybridized carbons (Fsp3) is 0.381. The number of nitrogens with two attached hydrogens (primary N) is 1. The highest BCUT2D eigenvalue weighted by Gasteiger charge is 2.36. The molecule has 2 aliphatic heterocycles. The molecular formula is C21H25N3O. The molecule has 4 nitrogen and oxygen atoms in total. The second kappa shape index (κ2) is 6.89. The molecule has 0 radical (unpaired) electrons. The van der Waals surface area contributed by atoms with E-state index in [0.717, 1.165) is 26.1 Å². The van der Waals surface area contributed by atoms with E-state index < -0.39 is 0 Å². The summed E-state index contributed by atoms with van der Waals surface area (Å²) in [6.45, 7) is 3.57. The number of nitrogens with zero attached hydrogens (tertiary/aromatic N) is 2. The summed E-state index contributed by atoms with van der Waals surface area (Å²) in [7, 11) is 0. The molecule has 0 unspecified atom stereocenters. The van der Waals surface area contributed by atoms with Gasteiger partial charge in [0.2, 0.25) is 5.91 Å². The number of hydrogen-bond acceptors (Lipinski definition) is 3. The highest BCUT2D eigenvalue weighted by atomic mass is 16.2. The number of para-hydroxylation sites is 1. The molecule has 0 saturated carbocycles. The number of benzene rings is 2. The Bertz CT molecular complexity index is 746. The number of fused-ring (bicyclic) bond motifs is 1. The van der Waals surface area contributed by atoms with E-state index >= 15 is 0 Å². The van der Waals surface area contributed by atoms with Gasteiger partial charge in [-0.05, 0) is 36.1 Å². The van der Waals surface area contributed by atoms with Crippen molar-refractivity contribution in [2.45, 2.75) is 12.3 Å². The van der Waals surface area contributed by atoms with Crippen LogP contribution in [-0.2, 0) is 11.2 Å². The zero-order chi connectivity index (χ0) is 17.2. The van der Waals surface area contributed by atoms with E-state index in [1.54, 1.807) is 0 Å². The van der Waals surface area contributed by atoms with Crippen molar-refractivity contribution in [3.8, 4) is 0 Å². The van der Waals surface area contributed by atoms with E-state index in [0.29, 0.717) is 24.9 Å². The number of hydrogen-bond donors (Lipinski definition) is 1. The van der Waals surface area contributed by atoms with Crippen LogP contribution in [0.2, 0.25) is 0 Å². The van der Waals surface area contributed by atoms with E-state index in [9.17, 15) is 4.79 Å². The van der Waals surface area contributed by atoms with Gasteiger partial charge in [0.05, 0.1) is 6.54 Å². The fourth-order valence-electron chi connectivity index (χ4n) is 4.23. The Kier molecular flexibility index (Phi) is 4.45. The third-order valence-electron chi connectivity index (χ3n) is 5.63. The van der Waals surface area contributed by atoms with Crippen molar-refractivity contribution in [1.82, 2.24) is 4.90 Å². The van der Waals surface area contributed by atoms with Crippen molar-refractivity contribution >= 4 is 11.6 Å². The fourth-order valence-corrected chi connectivity index (χ4v) is 4.23. The molecule has 2 aromatic carbocycles. The van der Waals surface area contributed by atoms with E-state index in [1.807, 2.05) is 17.0 Å². The van der Waals surface area contributed by atoms with Gasteiger partial charge in [0, 0.05) is 31.2 Å². The summed E-state index contributed by atoms with van der Waals surface area (Å²) in [6.07, 6.45) is 1.03. The molecule has 0 spiro atoms. The third kappa shape index (κ3) is 3.14. The van der Waals surface area contributed by atoms with Gasteiger partial charge in [-0.25, -0.2) is 0 Å². The van der Waals surface area contributed by atoms with Crippen molar-refractivity contribution in [3.05, 3.63) is 65.7 Å². The molecule has 0 aliphatic carbocycles. The van der Waals surface area contributed by atoms with Crippen molar-refractivity contribution in [2.24, 2.45) is 11.7 Å². The Hall–Kier alpha value is -2.33. The zero-order valence-corrected chi connectivity index (χ0v) is 14.5. The first-order chi connectivity index (χ1) is 12.3. The van der Waals surface area contributed by atoms with Gasteiger partial charge in [-0.1, -0.05) is 48.5 Å². The summed E-state index contributed by atoms with van der Waals surface area (Å²) in [5.41, 5.74) is 9.85. The Morgan fingerprint density at radius 2 is 1.80 bits per heavy atom. The number of carbonyl (C=O) groups excluding carboxylic acids is 1. The van der Waals surface area contributed by atoms with Crippen LogP contribution < -0.4 is 10.6 Å². The quantitative estimate of drug-likeness (QED) is 0.932. The Balaban J connectivity index is 1.45. The number of amides is 1. The molecule has 2 heterocycles. The minimum absolute atomic E-state index is 0.216. The maximum atomic E-state index is 12.9. The number of rotatable bonds is 4. The SMILES string of the molecule is NC[C@@H]1CN(C(=O)CN2CCc3ccccc32)C[C@H]1c1ccccc1. The minimum Gasteiger partial charge on any atom is -0.362 e. The van der Waals surface area contributed by atoms with Crippen LogP contribution >= 0.6 is 0 Å². The van der Waals surface area contributed by atoms with E-state index in [1.165, 1.54) is 16.8 Å². The standard InChI is InChI=1S/C21H25N3O/c22-12-18-13-24(14-19(18)16-6-2-1-3-7-16)21(25)15-23-11-10-17-8-4-5-9-20(17)23/h1-9,18-19H,10-15,22H2/t18-,19+/m1/s1. The van der Waals surface area contributed by atoms with Crippen LogP contribution in [0, 0.1) is 5.92 Å². The summed E-state index contributed by atoms with van der Waals surface area (Å²) < 4.78 is 0. The van der Waals surface area contributed by atoms with Crippen LogP contribution in [0.1, 0.15) is 17.0 Å². The predicted octanol–water partition coefficient (Wildman–Crippen LogP) is 2.25. The molecule has 1 amide bonds. The van der Waals surface area contributed by atoms with E-state index in [2.05, 4.69) is 47.4 Å². The lowest BCUT2D eigenvalue weighted by molar-refractivity contribution is -0.128. The molecule has 2 aliphatic rings. The van der Waals surface area contributed by atoms with Gasteiger partial charge in [-0.15, -0.1) is 0 Å². The van der Waals surface area contributed by atoms with Gasteiger partial charge >= 0.3 is 0 Å². The van der Waals surface area contributed by atoms with Crippen molar-refractivity contribution in [3.63, 3.8) is 0 Å². The summed E-state index contributed by atoms with van der Waals surface area (Å²) >= 11 is 0. The van der Waals surface area contributed by atoms with Crippen LogP contribution in [0.5, 0.6) is 0 Å². The first-order valence-electron chi connectivity index (χ1n) is 9.12. The van der Waals surface area contributed by atoms with Gasteiger partial charge in [0.1, 0.15) is 0 Å². The van der Waals surface area contributed by atoms with Crippen molar-refractivity contribution in [2.75, 3.05) is 37.6 Å². The number of anilines is 1. The Morgan fingerprint density at radius 1 is 1.04 bits per heavy atom. The lowest BCUT2D eigenvalue weighted by atomic mass is 9.89. The normalized spacial score (nSPS) is 22.3. The van der Waals surface area contributed by atoms with Crippen LogP contribution in [0.25, 0.3) is 0 Å². The van der Waals surface area contributed by atoms with Gasteiger partial charge in [0.15, 0.2) is 0 Å². The summed E-state index contributed by atoms with van der Waals surface area (Å²) in [5.74, 6) is 0.909. The maximum Gasteiger partial charge on any atom is 0.242 e. The Morgan fingerprint density at radius 3 is 2.60 bits per heavy atom. The lowest BCUT2D eigenvalue weighted by Crippen LogP contribution is -2.39. The highest BCUT2D eigenvalue weighted by Crippen LogP contribution is 2.33. The molecule has 4 heteroatoms. The highest BCUT2D eigenvalue weighted by molar-refractivity contribution is 5.82. The molecule has 0 bridgehead atoms. The molecule has 0 aromatic heterocycles. The van der Waals surface area contributed by atoms with E-state index in [4.69, 9.17) is 5.73 Å².